The number of carbonyl (C=O) groups excluding carboxylic acids is 1. The van der Waals surface area contributed by atoms with E-state index < -0.39 is 55.8 Å². The third-order valence-electron chi connectivity index (χ3n) is 1.90. The van der Waals surface area contributed by atoms with Crippen molar-refractivity contribution in [2.24, 2.45) is 5.92 Å². The Morgan fingerprint density at radius 1 is 0.900 bits per heavy atom. The van der Waals surface area contributed by atoms with Gasteiger partial charge in [0.25, 0.3) is 0 Å². The van der Waals surface area contributed by atoms with E-state index >= 15 is 0 Å². The molecule has 14 heteroatoms. The van der Waals surface area contributed by atoms with Crippen LogP contribution in [0.15, 0.2) is 0 Å². The summed E-state index contributed by atoms with van der Waals surface area (Å²) in [4.78, 5) is 10.1. The highest BCUT2D eigenvalue weighted by Crippen LogP contribution is 2.40. The van der Waals surface area contributed by atoms with Gasteiger partial charge in [0, 0.05) is 0 Å². The minimum absolute atomic E-state index is 2.86. The minimum Gasteiger partial charge on any atom is -0.260 e. The van der Waals surface area contributed by atoms with Crippen LogP contribution in [-0.4, -0.2) is 46.2 Å². The predicted octanol–water partition coefficient (Wildman–Crippen LogP) is 0.968. The van der Waals surface area contributed by atoms with Crippen LogP contribution in [0.5, 0.6) is 0 Å². The molecule has 0 aliphatic carbocycles. The lowest BCUT2D eigenvalue weighted by molar-refractivity contribution is -0.209. The quantitative estimate of drug-likeness (QED) is 0.524. The Morgan fingerprint density at radius 3 is 1.35 bits per heavy atom. The molecule has 1 unspecified atom stereocenters. The first kappa shape index (κ1) is 19.1. The van der Waals surface area contributed by atoms with E-state index in [-0.39, 0.29) is 0 Å². The predicted molar refractivity (Wildman–Crippen MR) is 49.3 cm³/mol. The Morgan fingerprint density at radius 2 is 1.20 bits per heavy atom. The van der Waals surface area contributed by atoms with Crippen LogP contribution in [0, 0.1) is 5.92 Å². The van der Waals surface area contributed by atoms with E-state index in [1.807, 2.05) is 0 Å². The Balaban J connectivity index is 6.03. The number of hydrogen-bond acceptors (Lipinski definition) is 5. The third-order valence-corrected chi connectivity index (χ3v) is 3.55. The molecule has 0 aromatic rings. The molecule has 0 aromatic carbocycles. The first-order chi connectivity index (χ1) is 8.48. The third kappa shape index (κ3) is 6.02. The van der Waals surface area contributed by atoms with Gasteiger partial charge in [0.15, 0.2) is 11.6 Å². The fraction of sp³-hybridized carbons (Fsp3) is 0.833. The molecule has 0 saturated heterocycles. The largest absolute Gasteiger partial charge is 0.404 e. The van der Waals surface area contributed by atoms with E-state index in [1.54, 1.807) is 0 Å². The monoisotopic (exact) mass is 354 g/mol. The molecule has 0 heterocycles. The average molecular weight is 354 g/mol. The molecule has 0 N–H and O–H groups in total. The van der Waals surface area contributed by atoms with Gasteiger partial charge in [-0.05, 0) is 0 Å². The van der Waals surface area contributed by atoms with Gasteiger partial charge in [0.1, 0.15) is 11.5 Å². The summed E-state index contributed by atoms with van der Waals surface area (Å²) >= 11 is 0. The first-order valence-electron chi connectivity index (χ1n) is 4.27. The van der Waals surface area contributed by atoms with Crippen LogP contribution in [0.4, 0.5) is 29.7 Å². The highest BCUT2D eigenvalue weighted by molar-refractivity contribution is 7.87. The number of rotatable bonds is 6. The topological polar surface area (TPSA) is 85.3 Å². The van der Waals surface area contributed by atoms with Gasteiger partial charge >= 0.3 is 32.7 Å². The van der Waals surface area contributed by atoms with Crippen LogP contribution in [-0.2, 0) is 25.2 Å². The van der Waals surface area contributed by atoms with Gasteiger partial charge in [-0.1, -0.05) is 0 Å². The van der Waals surface area contributed by atoms with Crippen LogP contribution in [0.25, 0.3) is 0 Å². The van der Waals surface area contributed by atoms with E-state index in [4.69, 9.17) is 0 Å². The second-order valence-electron chi connectivity index (χ2n) is 3.68. The lowest BCUT2D eigenvalue weighted by atomic mass is 9.92. The van der Waals surface area contributed by atoms with Crippen LogP contribution in [0.2, 0.25) is 0 Å². The maximum absolute atomic E-state index is 13.8. The molecule has 5 nitrogen and oxygen atoms in total. The molecule has 20 heavy (non-hydrogen) atoms. The normalized spacial score (nSPS) is 15.9. The Hall–Kier alpha value is -0.920. The molecule has 0 radical (unpaired) electrons. The van der Waals surface area contributed by atoms with Crippen molar-refractivity contribution in [3.05, 3.63) is 0 Å². The fourth-order valence-corrected chi connectivity index (χ4v) is 3.22. The fourth-order valence-electron chi connectivity index (χ4n) is 1.41. The van der Waals surface area contributed by atoms with Gasteiger partial charge in [0.2, 0.25) is 0 Å². The molecule has 120 valence electrons. The van der Waals surface area contributed by atoms with E-state index in [0.29, 0.717) is 0 Å². The van der Waals surface area contributed by atoms with Crippen LogP contribution < -0.4 is 0 Å². The molecule has 0 spiro atoms. The molecule has 0 aromatic heterocycles. The van der Waals surface area contributed by atoms with E-state index in [1.165, 1.54) is 0 Å². The van der Waals surface area contributed by atoms with Crippen molar-refractivity contribution >= 4 is 26.5 Å². The van der Waals surface area contributed by atoms with Crippen molar-refractivity contribution in [1.82, 2.24) is 0 Å². The zero-order valence-corrected chi connectivity index (χ0v) is 10.6. The van der Waals surface area contributed by atoms with Gasteiger partial charge in [-0.15, -0.1) is 7.77 Å². The van der Waals surface area contributed by atoms with E-state index in [2.05, 4.69) is 0 Å². The summed E-state index contributed by atoms with van der Waals surface area (Å²) in [6.07, 6.45) is -6.10. The van der Waals surface area contributed by atoms with Crippen LogP contribution in [0.1, 0.15) is 0 Å². The standard InChI is InChI=1S/C6H5F7O5S2/c7-4(14)3(6(9,10)11)5(8,1-19(12,15)16)2-20(13,17)18/h3H,1-2H2. The van der Waals surface area contributed by atoms with Crippen molar-refractivity contribution in [2.45, 2.75) is 11.8 Å². The molecule has 0 aliphatic rings. The zero-order chi connectivity index (χ0) is 16.6. The van der Waals surface area contributed by atoms with Crippen LogP contribution in [0.3, 0.4) is 0 Å². The van der Waals surface area contributed by atoms with Crippen molar-refractivity contribution in [3.63, 3.8) is 0 Å². The molecule has 0 amide bonds. The Kier molecular flexibility index (Phi) is 5.21. The smallest absolute Gasteiger partial charge is 0.260 e. The molecule has 0 saturated carbocycles. The molecule has 1 atom stereocenters. The number of halogens is 7. The summed E-state index contributed by atoms with van der Waals surface area (Å²) in [6.45, 7) is 0. The summed E-state index contributed by atoms with van der Waals surface area (Å²) < 4.78 is 128. The molecule has 0 aliphatic heterocycles. The van der Waals surface area contributed by atoms with Crippen molar-refractivity contribution < 1.29 is 51.4 Å². The summed E-state index contributed by atoms with van der Waals surface area (Å²) in [6, 6.07) is -3.52. The maximum Gasteiger partial charge on any atom is 0.404 e. The zero-order valence-electron chi connectivity index (χ0n) is 9.00. The second-order valence-corrected chi connectivity index (χ2v) is 6.41. The highest BCUT2D eigenvalue weighted by Gasteiger charge is 2.62. The van der Waals surface area contributed by atoms with Gasteiger partial charge in [0.05, 0.1) is 0 Å². The first-order valence-corrected chi connectivity index (χ1v) is 7.38. The lowest BCUT2D eigenvalue weighted by Crippen LogP contribution is -2.53. The molecule has 0 fully saturated rings. The molecular weight excluding hydrogens is 349 g/mol. The van der Waals surface area contributed by atoms with Crippen molar-refractivity contribution in [2.75, 3.05) is 11.5 Å². The van der Waals surface area contributed by atoms with Gasteiger partial charge < -0.3 is 0 Å². The molecule has 0 rings (SSSR count). The highest BCUT2D eigenvalue weighted by atomic mass is 32.3. The van der Waals surface area contributed by atoms with Gasteiger partial charge in [-0.3, -0.25) is 4.79 Å². The van der Waals surface area contributed by atoms with E-state index in [9.17, 15) is 51.4 Å². The SMILES string of the molecule is O=C(F)C(C(F)(F)F)C(F)(CS(=O)(=O)F)CS(=O)(=O)F. The van der Waals surface area contributed by atoms with Gasteiger partial charge in [-0.2, -0.15) is 34.4 Å². The van der Waals surface area contributed by atoms with Crippen molar-refractivity contribution in [1.29, 1.82) is 0 Å². The summed E-state index contributed by atoms with van der Waals surface area (Å²) in [5.41, 5.74) is -4.88. The second kappa shape index (κ2) is 5.46. The molecule has 0 bridgehead atoms. The number of hydrogen-bond donors (Lipinski definition) is 0. The van der Waals surface area contributed by atoms with Crippen molar-refractivity contribution in [3.8, 4) is 0 Å². The summed E-state index contributed by atoms with van der Waals surface area (Å²) in [5, 5.41) is 0. The average Bonchev–Trinajstić information content (AvgIpc) is 1.87. The van der Waals surface area contributed by atoms with Crippen LogP contribution >= 0.6 is 0 Å². The Bertz CT molecular complexity index is 543. The van der Waals surface area contributed by atoms with Gasteiger partial charge in [-0.25, -0.2) is 4.39 Å². The maximum atomic E-state index is 13.8. The molecular formula is C6H5F7O5S2. The lowest BCUT2D eigenvalue weighted by Gasteiger charge is -2.29. The Labute approximate surface area is 108 Å². The number of carbonyl (C=O) groups is 1. The summed E-state index contributed by atoms with van der Waals surface area (Å²) in [5.74, 6) is -10.2. The van der Waals surface area contributed by atoms with E-state index in [0.717, 1.165) is 0 Å². The minimum atomic E-state index is -6.12. The summed E-state index contributed by atoms with van der Waals surface area (Å²) in [7, 11) is -12.2. The number of alkyl halides is 4.